The monoisotopic (exact) mass is 356 g/mol. The fourth-order valence-corrected chi connectivity index (χ4v) is 2.79. The standard InChI is InChI=1S/C23H32O3/c1-2-3-7-18-25-22-13-9-20(10-14-22)21-11-15-23(16-12-21)26-19-8-5-4-6-17-24/h9-16,24H,2-8,17-19H2,1H3. The maximum absolute atomic E-state index is 8.76. The lowest BCUT2D eigenvalue weighted by molar-refractivity contribution is 0.273. The normalized spacial score (nSPS) is 10.7. The van der Waals surface area contributed by atoms with Gasteiger partial charge in [0.25, 0.3) is 0 Å². The molecule has 0 radical (unpaired) electrons. The number of benzene rings is 2. The van der Waals surface area contributed by atoms with Gasteiger partial charge in [-0.2, -0.15) is 0 Å². The lowest BCUT2D eigenvalue weighted by Crippen LogP contribution is -1.97. The largest absolute Gasteiger partial charge is 0.494 e. The number of hydrogen-bond donors (Lipinski definition) is 1. The van der Waals surface area contributed by atoms with Gasteiger partial charge in [-0.3, -0.25) is 0 Å². The van der Waals surface area contributed by atoms with Crippen molar-refractivity contribution in [1.29, 1.82) is 0 Å². The molecule has 0 saturated carbocycles. The van der Waals surface area contributed by atoms with Crippen LogP contribution in [-0.4, -0.2) is 24.9 Å². The van der Waals surface area contributed by atoms with E-state index in [-0.39, 0.29) is 6.61 Å². The number of rotatable bonds is 13. The van der Waals surface area contributed by atoms with Crippen LogP contribution in [0.2, 0.25) is 0 Å². The summed E-state index contributed by atoms with van der Waals surface area (Å²) in [5.74, 6) is 1.85. The van der Waals surface area contributed by atoms with E-state index >= 15 is 0 Å². The first-order chi connectivity index (χ1) is 12.8. The Morgan fingerprint density at radius 2 is 1.08 bits per heavy atom. The van der Waals surface area contributed by atoms with Crippen molar-refractivity contribution in [2.45, 2.75) is 51.9 Å². The minimum absolute atomic E-state index is 0.286. The molecule has 1 N–H and O–H groups in total. The molecule has 3 nitrogen and oxygen atoms in total. The van der Waals surface area contributed by atoms with E-state index in [2.05, 4.69) is 31.2 Å². The van der Waals surface area contributed by atoms with Crippen molar-refractivity contribution < 1.29 is 14.6 Å². The van der Waals surface area contributed by atoms with E-state index in [0.29, 0.717) is 0 Å². The molecule has 0 aliphatic heterocycles. The number of hydrogen-bond acceptors (Lipinski definition) is 3. The SMILES string of the molecule is CCCCCOc1ccc(-c2ccc(OCCCCCCO)cc2)cc1. The maximum Gasteiger partial charge on any atom is 0.119 e. The van der Waals surface area contributed by atoms with Crippen LogP contribution in [0.25, 0.3) is 11.1 Å². The first kappa shape index (κ1) is 20.3. The third-order valence-corrected chi connectivity index (χ3v) is 4.38. The van der Waals surface area contributed by atoms with Crippen LogP contribution in [0.3, 0.4) is 0 Å². The predicted octanol–water partition coefficient (Wildman–Crippen LogP) is 5.85. The van der Waals surface area contributed by atoms with Gasteiger partial charge in [-0.1, -0.05) is 50.5 Å². The molecule has 0 fully saturated rings. The molecule has 26 heavy (non-hydrogen) atoms. The molecular formula is C23H32O3. The van der Waals surface area contributed by atoms with Crippen LogP contribution >= 0.6 is 0 Å². The van der Waals surface area contributed by atoms with Crippen LogP contribution in [0, 0.1) is 0 Å². The van der Waals surface area contributed by atoms with Crippen LogP contribution < -0.4 is 9.47 Å². The summed E-state index contributed by atoms with van der Waals surface area (Å²) in [6.45, 7) is 4.01. The van der Waals surface area contributed by atoms with Gasteiger partial charge >= 0.3 is 0 Å². The van der Waals surface area contributed by atoms with Gasteiger partial charge in [0.2, 0.25) is 0 Å². The Bertz CT molecular complexity index is 590. The summed E-state index contributed by atoms with van der Waals surface area (Å²) in [5.41, 5.74) is 2.36. The van der Waals surface area contributed by atoms with E-state index in [0.717, 1.165) is 56.8 Å². The number of ether oxygens (including phenoxy) is 2. The van der Waals surface area contributed by atoms with Gasteiger partial charge in [-0.15, -0.1) is 0 Å². The summed E-state index contributed by atoms with van der Waals surface area (Å²) < 4.78 is 11.5. The van der Waals surface area contributed by atoms with E-state index in [9.17, 15) is 0 Å². The fourth-order valence-electron chi connectivity index (χ4n) is 2.79. The van der Waals surface area contributed by atoms with Crippen LogP contribution in [0.15, 0.2) is 48.5 Å². The molecule has 0 spiro atoms. The second-order valence-electron chi connectivity index (χ2n) is 6.59. The maximum atomic E-state index is 8.76. The molecule has 0 atom stereocenters. The van der Waals surface area contributed by atoms with Crippen molar-refractivity contribution in [1.82, 2.24) is 0 Å². The fraction of sp³-hybridized carbons (Fsp3) is 0.478. The molecule has 142 valence electrons. The summed E-state index contributed by atoms with van der Waals surface area (Å²) >= 11 is 0. The molecule has 0 saturated heterocycles. The second kappa shape index (κ2) is 12.4. The van der Waals surface area contributed by atoms with Gasteiger partial charge in [0.1, 0.15) is 11.5 Å². The summed E-state index contributed by atoms with van der Waals surface area (Å²) in [5, 5.41) is 8.76. The molecule has 2 aromatic rings. The second-order valence-corrected chi connectivity index (χ2v) is 6.59. The smallest absolute Gasteiger partial charge is 0.119 e. The van der Waals surface area contributed by atoms with E-state index in [4.69, 9.17) is 14.6 Å². The molecule has 0 aromatic heterocycles. The van der Waals surface area contributed by atoms with Crippen LogP contribution in [-0.2, 0) is 0 Å². The van der Waals surface area contributed by atoms with Gasteiger partial charge in [-0.05, 0) is 61.1 Å². The molecule has 2 rings (SSSR count). The molecule has 3 heteroatoms. The molecule has 0 unspecified atom stereocenters. The zero-order valence-electron chi connectivity index (χ0n) is 16.0. The first-order valence-electron chi connectivity index (χ1n) is 9.90. The van der Waals surface area contributed by atoms with Crippen molar-refractivity contribution in [3.63, 3.8) is 0 Å². The Morgan fingerprint density at radius 1 is 0.615 bits per heavy atom. The van der Waals surface area contributed by atoms with Crippen molar-refractivity contribution in [2.75, 3.05) is 19.8 Å². The topological polar surface area (TPSA) is 38.7 Å². The first-order valence-corrected chi connectivity index (χ1v) is 9.90. The highest BCUT2D eigenvalue weighted by molar-refractivity contribution is 5.64. The zero-order chi connectivity index (χ0) is 18.5. The Kier molecular flexibility index (Phi) is 9.66. The minimum atomic E-state index is 0.286. The van der Waals surface area contributed by atoms with Gasteiger partial charge in [0.05, 0.1) is 13.2 Å². The van der Waals surface area contributed by atoms with E-state index < -0.39 is 0 Å². The van der Waals surface area contributed by atoms with Crippen molar-refractivity contribution in [3.05, 3.63) is 48.5 Å². The molecule has 0 aliphatic carbocycles. The molecular weight excluding hydrogens is 324 g/mol. The highest BCUT2D eigenvalue weighted by atomic mass is 16.5. The average Bonchev–Trinajstić information content (AvgIpc) is 2.69. The average molecular weight is 357 g/mol. The van der Waals surface area contributed by atoms with Crippen molar-refractivity contribution in [3.8, 4) is 22.6 Å². The van der Waals surface area contributed by atoms with E-state index in [1.807, 2.05) is 24.3 Å². The van der Waals surface area contributed by atoms with Crippen LogP contribution in [0.5, 0.6) is 11.5 Å². The van der Waals surface area contributed by atoms with Crippen molar-refractivity contribution >= 4 is 0 Å². The van der Waals surface area contributed by atoms with Gasteiger partial charge in [0, 0.05) is 6.61 Å². The Balaban J connectivity index is 1.76. The third-order valence-electron chi connectivity index (χ3n) is 4.38. The number of aliphatic hydroxyl groups is 1. The molecule has 0 amide bonds. The highest BCUT2D eigenvalue weighted by Crippen LogP contribution is 2.25. The minimum Gasteiger partial charge on any atom is -0.494 e. The van der Waals surface area contributed by atoms with E-state index in [1.54, 1.807) is 0 Å². The lowest BCUT2D eigenvalue weighted by Gasteiger charge is -2.09. The predicted molar refractivity (Wildman–Crippen MR) is 108 cm³/mol. The molecule has 0 bridgehead atoms. The Labute approximate surface area is 158 Å². The quantitative estimate of drug-likeness (QED) is 0.457. The summed E-state index contributed by atoms with van der Waals surface area (Å²) in [6, 6.07) is 16.5. The Hall–Kier alpha value is -2.00. The van der Waals surface area contributed by atoms with E-state index in [1.165, 1.54) is 24.0 Å². The summed E-state index contributed by atoms with van der Waals surface area (Å²) in [7, 11) is 0. The summed E-state index contributed by atoms with van der Waals surface area (Å²) in [6.07, 6.45) is 7.63. The van der Waals surface area contributed by atoms with Crippen molar-refractivity contribution in [2.24, 2.45) is 0 Å². The van der Waals surface area contributed by atoms with Crippen LogP contribution in [0.4, 0.5) is 0 Å². The molecule has 0 aliphatic rings. The molecule has 0 heterocycles. The zero-order valence-corrected chi connectivity index (χ0v) is 16.0. The highest BCUT2D eigenvalue weighted by Gasteiger charge is 2.01. The van der Waals surface area contributed by atoms with Gasteiger partial charge < -0.3 is 14.6 Å². The van der Waals surface area contributed by atoms with Gasteiger partial charge in [0.15, 0.2) is 0 Å². The third kappa shape index (κ3) is 7.49. The lowest BCUT2D eigenvalue weighted by atomic mass is 10.1. The number of unbranched alkanes of at least 4 members (excludes halogenated alkanes) is 5. The Morgan fingerprint density at radius 3 is 1.54 bits per heavy atom. The molecule has 2 aromatic carbocycles. The number of aliphatic hydroxyl groups excluding tert-OH is 1. The van der Waals surface area contributed by atoms with Gasteiger partial charge in [-0.25, -0.2) is 0 Å². The van der Waals surface area contributed by atoms with Crippen LogP contribution in [0.1, 0.15) is 51.9 Å². The summed E-state index contributed by atoms with van der Waals surface area (Å²) in [4.78, 5) is 0.